The molecule has 1 N–H and O–H groups in total. The van der Waals surface area contributed by atoms with E-state index < -0.39 is 17.5 Å². The molecule has 0 aliphatic heterocycles. The lowest BCUT2D eigenvalue weighted by Crippen LogP contribution is -2.14. The second-order valence-electron chi connectivity index (χ2n) is 4.33. The summed E-state index contributed by atoms with van der Waals surface area (Å²) in [5.41, 5.74) is 1.49. The molecular formula is C15H9F2N3O. The molecule has 0 saturated carbocycles. The molecule has 0 atom stereocenters. The first kappa shape index (κ1) is 13.1. The molecule has 0 spiro atoms. The van der Waals surface area contributed by atoms with Crippen LogP contribution in [0.15, 0.2) is 48.7 Å². The summed E-state index contributed by atoms with van der Waals surface area (Å²) in [7, 11) is 0. The minimum absolute atomic E-state index is 0.0958. The van der Waals surface area contributed by atoms with E-state index in [0.717, 1.165) is 12.1 Å². The number of anilines is 1. The molecule has 0 radical (unpaired) electrons. The third kappa shape index (κ3) is 2.69. The van der Waals surface area contributed by atoms with Gasteiger partial charge in [0.25, 0.3) is 5.91 Å². The molecule has 0 aliphatic rings. The first-order chi connectivity index (χ1) is 10.1. The van der Waals surface area contributed by atoms with Gasteiger partial charge in [-0.3, -0.25) is 9.78 Å². The Kier molecular flexibility index (Phi) is 3.27. The van der Waals surface area contributed by atoms with Crippen LogP contribution in [0.5, 0.6) is 0 Å². The molecule has 2 aromatic carbocycles. The Morgan fingerprint density at radius 1 is 1.00 bits per heavy atom. The number of nitrogens with one attached hydrogen (secondary N) is 1. The Morgan fingerprint density at radius 3 is 2.52 bits per heavy atom. The lowest BCUT2D eigenvalue weighted by atomic mass is 10.2. The van der Waals surface area contributed by atoms with Gasteiger partial charge in [0.1, 0.15) is 5.69 Å². The first-order valence-corrected chi connectivity index (χ1v) is 6.12. The van der Waals surface area contributed by atoms with Crippen molar-refractivity contribution < 1.29 is 13.6 Å². The molecule has 104 valence electrons. The highest BCUT2D eigenvalue weighted by molar-refractivity contribution is 6.03. The number of halogens is 2. The Bertz CT molecular complexity index is 836. The van der Waals surface area contributed by atoms with Gasteiger partial charge in [-0.2, -0.15) is 0 Å². The summed E-state index contributed by atoms with van der Waals surface area (Å²) < 4.78 is 25.9. The number of aromatic nitrogens is 2. The molecule has 3 rings (SSSR count). The van der Waals surface area contributed by atoms with Crippen LogP contribution in [0.4, 0.5) is 14.5 Å². The summed E-state index contributed by atoms with van der Waals surface area (Å²) in [5.74, 6) is -2.55. The topological polar surface area (TPSA) is 54.9 Å². The highest BCUT2D eigenvalue weighted by Gasteiger charge is 2.11. The molecule has 0 aliphatic carbocycles. The zero-order valence-electron chi connectivity index (χ0n) is 10.7. The SMILES string of the molecule is O=C(Nc1ccc(F)c(F)c1)c1cnc2ccccc2n1. The zero-order chi connectivity index (χ0) is 14.8. The van der Waals surface area contributed by atoms with Gasteiger partial charge in [0.05, 0.1) is 17.2 Å². The van der Waals surface area contributed by atoms with Crippen LogP contribution in [0.3, 0.4) is 0 Å². The van der Waals surface area contributed by atoms with Crippen molar-refractivity contribution in [3.63, 3.8) is 0 Å². The molecule has 0 unspecified atom stereocenters. The van der Waals surface area contributed by atoms with E-state index in [2.05, 4.69) is 15.3 Å². The largest absolute Gasteiger partial charge is 0.320 e. The van der Waals surface area contributed by atoms with Crippen LogP contribution >= 0.6 is 0 Å². The van der Waals surface area contributed by atoms with Crippen LogP contribution in [-0.2, 0) is 0 Å². The maximum atomic E-state index is 13.1. The van der Waals surface area contributed by atoms with Gasteiger partial charge < -0.3 is 5.32 Å². The molecule has 0 saturated heterocycles. The van der Waals surface area contributed by atoms with Crippen molar-refractivity contribution in [2.45, 2.75) is 0 Å². The number of carbonyl (C=O) groups is 1. The first-order valence-electron chi connectivity index (χ1n) is 6.12. The van der Waals surface area contributed by atoms with E-state index in [1.165, 1.54) is 12.3 Å². The van der Waals surface area contributed by atoms with Crippen molar-refractivity contribution >= 4 is 22.6 Å². The number of carbonyl (C=O) groups excluding carboxylic acids is 1. The van der Waals surface area contributed by atoms with Gasteiger partial charge in [-0.25, -0.2) is 13.8 Å². The Labute approximate surface area is 118 Å². The van der Waals surface area contributed by atoms with E-state index in [1.54, 1.807) is 18.2 Å². The van der Waals surface area contributed by atoms with Crippen LogP contribution in [0.2, 0.25) is 0 Å². The van der Waals surface area contributed by atoms with E-state index in [0.29, 0.717) is 11.0 Å². The average Bonchev–Trinajstić information content (AvgIpc) is 2.50. The second-order valence-corrected chi connectivity index (χ2v) is 4.33. The van der Waals surface area contributed by atoms with Gasteiger partial charge in [0.15, 0.2) is 11.6 Å². The summed E-state index contributed by atoms with van der Waals surface area (Å²) in [6.07, 6.45) is 1.33. The number of hydrogen-bond donors (Lipinski definition) is 1. The van der Waals surface area contributed by atoms with Gasteiger partial charge in [-0.15, -0.1) is 0 Å². The molecular weight excluding hydrogens is 276 g/mol. The molecule has 0 bridgehead atoms. The van der Waals surface area contributed by atoms with E-state index >= 15 is 0 Å². The zero-order valence-corrected chi connectivity index (χ0v) is 10.7. The summed E-state index contributed by atoms with van der Waals surface area (Å²) in [5, 5.41) is 2.44. The number of rotatable bonds is 2. The van der Waals surface area contributed by atoms with Gasteiger partial charge in [-0.05, 0) is 24.3 Å². The number of hydrogen-bond acceptors (Lipinski definition) is 3. The fourth-order valence-corrected chi connectivity index (χ4v) is 1.84. The van der Waals surface area contributed by atoms with Gasteiger partial charge in [0, 0.05) is 11.8 Å². The normalized spacial score (nSPS) is 10.6. The third-order valence-corrected chi connectivity index (χ3v) is 2.86. The van der Waals surface area contributed by atoms with Crippen molar-refractivity contribution in [3.8, 4) is 0 Å². The van der Waals surface area contributed by atoms with E-state index in [4.69, 9.17) is 0 Å². The standard InChI is InChI=1S/C15H9F2N3O/c16-10-6-5-9(7-11(10)17)19-15(21)14-8-18-12-3-1-2-4-13(12)20-14/h1-8H,(H,19,21). The van der Waals surface area contributed by atoms with Crippen molar-refractivity contribution in [2.24, 2.45) is 0 Å². The highest BCUT2D eigenvalue weighted by atomic mass is 19.2. The Morgan fingerprint density at radius 2 is 1.76 bits per heavy atom. The molecule has 3 aromatic rings. The second kappa shape index (κ2) is 5.24. The summed E-state index contributed by atoms with van der Waals surface area (Å²) >= 11 is 0. The fourth-order valence-electron chi connectivity index (χ4n) is 1.84. The van der Waals surface area contributed by atoms with Crippen LogP contribution in [0, 0.1) is 11.6 Å². The van der Waals surface area contributed by atoms with Gasteiger partial charge >= 0.3 is 0 Å². The lowest BCUT2D eigenvalue weighted by Gasteiger charge is -2.05. The number of benzene rings is 2. The summed E-state index contributed by atoms with van der Waals surface area (Å²) in [4.78, 5) is 20.3. The van der Waals surface area contributed by atoms with Crippen LogP contribution in [0.25, 0.3) is 11.0 Å². The monoisotopic (exact) mass is 285 g/mol. The predicted octanol–water partition coefficient (Wildman–Crippen LogP) is 3.16. The van der Waals surface area contributed by atoms with Crippen molar-refractivity contribution in [3.05, 3.63) is 66.0 Å². The van der Waals surface area contributed by atoms with Gasteiger partial charge in [-0.1, -0.05) is 12.1 Å². The molecule has 21 heavy (non-hydrogen) atoms. The maximum Gasteiger partial charge on any atom is 0.275 e. The minimum atomic E-state index is -1.03. The quantitative estimate of drug-likeness (QED) is 0.787. The van der Waals surface area contributed by atoms with Crippen LogP contribution < -0.4 is 5.32 Å². The van der Waals surface area contributed by atoms with Crippen molar-refractivity contribution in [1.82, 2.24) is 9.97 Å². The van der Waals surface area contributed by atoms with Gasteiger partial charge in [0.2, 0.25) is 0 Å². The van der Waals surface area contributed by atoms with E-state index in [-0.39, 0.29) is 11.4 Å². The van der Waals surface area contributed by atoms with Crippen molar-refractivity contribution in [1.29, 1.82) is 0 Å². The number of fused-ring (bicyclic) bond motifs is 1. The Hall–Kier alpha value is -2.89. The number of para-hydroxylation sites is 2. The van der Waals surface area contributed by atoms with E-state index in [1.807, 2.05) is 6.07 Å². The number of amides is 1. The summed E-state index contributed by atoms with van der Waals surface area (Å²) in [6, 6.07) is 10.2. The van der Waals surface area contributed by atoms with Crippen LogP contribution in [-0.4, -0.2) is 15.9 Å². The third-order valence-electron chi connectivity index (χ3n) is 2.86. The highest BCUT2D eigenvalue weighted by Crippen LogP contribution is 2.14. The molecule has 4 nitrogen and oxygen atoms in total. The predicted molar refractivity (Wildman–Crippen MR) is 73.8 cm³/mol. The van der Waals surface area contributed by atoms with E-state index in [9.17, 15) is 13.6 Å². The average molecular weight is 285 g/mol. The summed E-state index contributed by atoms with van der Waals surface area (Å²) in [6.45, 7) is 0. The lowest BCUT2D eigenvalue weighted by molar-refractivity contribution is 0.102. The minimum Gasteiger partial charge on any atom is -0.320 e. The Balaban J connectivity index is 1.87. The van der Waals surface area contributed by atoms with Crippen LogP contribution in [0.1, 0.15) is 10.5 Å². The number of nitrogens with zero attached hydrogens (tertiary/aromatic N) is 2. The molecule has 1 amide bonds. The molecule has 0 fully saturated rings. The molecule has 1 heterocycles. The molecule has 6 heteroatoms. The smallest absolute Gasteiger partial charge is 0.275 e. The molecule has 1 aromatic heterocycles. The fraction of sp³-hybridized carbons (Fsp3) is 0. The maximum absolute atomic E-state index is 13.1. The van der Waals surface area contributed by atoms with Crippen molar-refractivity contribution in [2.75, 3.05) is 5.32 Å².